The molecule has 0 bridgehead atoms. The van der Waals surface area contributed by atoms with Gasteiger partial charge in [0.25, 0.3) is 0 Å². The molecule has 4 rings (SSSR count). The molecule has 0 spiro atoms. The van der Waals surface area contributed by atoms with Crippen molar-refractivity contribution in [1.82, 2.24) is 19.9 Å². The number of anilines is 1. The van der Waals surface area contributed by atoms with Crippen molar-refractivity contribution in [2.75, 3.05) is 24.5 Å². The SMILES string of the molecule is Cc1cc(N2CC3CCCNC3C2)n2ncnc2c1. The van der Waals surface area contributed by atoms with Crippen molar-refractivity contribution < 1.29 is 0 Å². The topological polar surface area (TPSA) is 45.5 Å². The van der Waals surface area contributed by atoms with Crippen LogP contribution in [0.3, 0.4) is 0 Å². The van der Waals surface area contributed by atoms with E-state index < -0.39 is 0 Å². The zero-order valence-corrected chi connectivity index (χ0v) is 11.2. The Morgan fingerprint density at radius 3 is 3.16 bits per heavy atom. The van der Waals surface area contributed by atoms with Gasteiger partial charge in [-0.25, -0.2) is 4.98 Å². The highest BCUT2D eigenvalue weighted by Crippen LogP contribution is 2.29. The van der Waals surface area contributed by atoms with Gasteiger partial charge in [-0.05, 0) is 49.9 Å². The molecule has 0 aliphatic carbocycles. The Morgan fingerprint density at radius 1 is 1.32 bits per heavy atom. The lowest BCUT2D eigenvalue weighted by atomic mass is 9.94. The number of aryl methyl sites for hydroxylation is 1. The number of pyridine rings is 1. The van der Waals surface area contributed by atoms with Crippen LogP contribution in [0.25, 0.3) is 5.65 Å². The van der Waals surface area contributed by atoms with Crippen LogP contribution in [0.2, 0.25) is 0 Å². The Labute approximate surface area is 112 Å². The van der Waals surface area contributed by atoms with Crippen LogP contribution in [0.15, 0.2) is 18.5 Å². The van der Waals surface area contributed by atoms with Gasteiger partial charge in [-0.2, -0.15) is 9.61 Å². The molecule has 2 saturated heterocycles. The smallest absolute Gasteiger partial charge is 0.157 e. The molecule has 2 aliphatic heterocycles. The molecule has 19 heavy (non-hydrogen) atoms. The Bertz CT molecular complexity index is 591. The molecule has 2 unspecified atom stereocenters. The third kappa shape index (κ3) is 1.80. The molecule has 0 amide bonds. The number of aromatic nitrogens is 3. The lowest BCUT2D eigenvalue weighted by Crippen LogP contribution is -2.40. The second-order valence-corrected chi connectivity index (χ2v) is 5.79. The molecule has 2 atom stereocenters. The molecule has 2 aromatic rings. The first-order valence-corrected chi connectivity index (χ1v) is 7.10. The standard InChI is InChI=1S/C14H19N5/c1-10-5-13-16-9-17-19(13)14(6-10)18-7-11-3-2-4-15-12(11)8-18/h5-6,9,11-12,15H,2-4,7-8H2,1H3. The average molecular weight is 257 g/mol. The van der Waals surface area contributed by atoms with Crippen LogP contribution in [-0.2, 0) is 0 Å². The van der Waals surface area contributed by atoms with E-state index in [-0.39, 0.29) is 0 Å². The minimum absolute atomic E-state index is 0.646. The summed E-state index contributed by atoms with van der Waals surface area (Å²) in [7, 11) is 0. The first-order valence-electron chi connectivity index (χ1n) is 7.10. The summed E-state index contributed by atoms with van der Waals surface area (Å²) in [5.74, 6) is 1.97. The second kappa shape index (κ2) is 4.20. The van der Waals surface area contributed by atoms with Crippen LogP contribution in [0, 0.1) is 12.8 Å². The molecule has 5 heteroatoms. The minimum atomic E-state index is 0.646. The lowest BCUT2D eigenvalue weighted by molar-refractivity contribution is 0.340. The third-order valence-corrected chi connectivity index (χ3v) is 4.43. The van der Waals surface area contributed by atoms with Crippen LogP contribution in [0.4, 0.5) is 5.82 Å². The first kappa shape index (κ1) is 11.2. The van der Waals surface area contributed by atoms with Gasteiger partial charge < -0.3 is 10.2 Å². The summed E-state index contributed by atoms with van der Waals surface area (Å²) in [6, 6.07) is 4.95. The van der Waals surface area contributed by atoms with Crippen molar-refractivity contribution in [3.63, 3.8) is 0 Å². The monoisotopic (exact) mass is 257 g/mol. The Balaban J connectivity index is 1.72. The van der Waals surface area contributed by atoms with Crippen LogP contribution in [0.5, 0.6) is 0 Å². The highest BCUT2D eigenvalue weighted by molar-refractivity contribution is 5.53. The Kier molecular flexibility index (Phi) is 2.48. The molecule has 2 fully saturated rings. The zero-order valence-electron chi connectivity index (χ0n) is 11.2. The molecule has 0 radical (unpaired) electrons. The maximum atomic E-state index is 4.37. The summed E-state index contributed by atoms with van der Waals surface area (Å²) in [6.07, 6.45) is 4.29. The maximum absolute atomic E-state index is 4.37. The predicted octanol–water partition coefficient (Wildman–Crippen LogP) is 1.23. The van der Waals surface area contributed by atoms with Crippen LogP contribution >= 0.6 is 0 Å². The molecule has 1 N–H and O–H groups in total. The average Bonchev–Trinajstić information content (AvgIpc) is 3.03. The molecular weight excluding hydrogens is 238 g/mol. The molecular formula is C14H19N5. The Morgan fingerprint density at radius 2 is 2.26 bits per heavy atom. The van der Waals surface area contributed by atoms with Crippen LogP contribution in [0.1, 0.15) is 18.4 Å². The largest absolute Gasteiger partial charge is 0.355 e. The van der Waals surface area contributed by atoms with E-state index in [0.29, 0.717) is 6.04 Å². The maximum Gasteiger partial charge on any atom is 0.157 e. The number of rotatable bonds is 1. The van der Waals surface area contributed by atoms with E-state index in [1.807, 2.05) is 4.52 Å². The summed E-state index contributed by atoms with van der Waals surface area (Å²) in [6.45, 7) is 5.51. The third-order valence-electron chi connectivity index (χ3n) is 4.43. The van der Waals surface area contributed by atoms with Gasteiger partial charge >= 0.3 is 0 Å². The van der Waals surface area contributed by atoms with Gasteiger partial charge in [0.1, 0.15) is 12.1 Å². The first-order chi connectivity index (χ1) is 9.31. The summed E-state index contributed by atoms with van der Waals surface area (Å²) in [5.41, 5.74) is 2.19. The number of hydrogen-bond acceptors (Lipinski definition) is 4. The Hall–Kier alpha value is -1.62. The van der Waals surface area contributed by atoms with Crippen molar-refractivity contribution in [1.29, 1.82) is 0 Å². The summed E-state index contributed by atoms with van der Waals surface area (Å²) >= 11 is 0. The molecule has 0 saturated carbocycles. The minimum Gasteiger partial charge on any atom is -0.355 e. The van der Waals surface area contributed by atoms with E-state index in [9.17, 15) is 0 Å². The van der Waals surface area contributed by atoms with E-state index in [1.165, 1.54) is 30.8 Å². The van der Waals surface area contributed by atoms with Crippen LogP contribution < -0.4 is 10.2 Å². The van der Waals surface area contributed by atoms with Crippen molar-refractivity contribution in [2.45, 2.75) is 25.8 Å². The van der Waals surface area contributed by atoms with Gasteiger partial charge in [-0.3, -0.25) is 0 Å². The fourth-order valence-electron chi connectivity index (χ4n) is 3.49. The summed E-state index contributed by atoms with van der Waals surface area (Å²) in [5, 5.41) is 8.02. The van der Waals surface area contributed by atoms with E-state index in [4.69, 9.17) is 0 Å². The van der Waals surface area contributed by atoms with E-state index in [0.717, 1.165) is 24.7 Å². The molecule has 4 heterocycles. The summed E-state index contributed by atoms with van der Waals surface area (Å²) < 4.78 is 1.96. The molecule has 0 aromatic carbocycles. The number of fused-ring (bicyclic) bond motifs is 2. The van der Waals surface area contributed by atoms with Crippen molar-refractivity contribution in [2.24, 2.45) is 5.92 Å². The second-order valence-electron chi connectivity index (χ2n) is 5.79. The number of nitrogens with one attached hydrogen (secondary N) is 1. The van der Waals surface area contributed by atoms with Gasteiger partial charge in [0.2, 0.25) is 0 Å². The number of nitrogens with zero attached hydrogens (tertiary/aromatic N) is 4. The van der Waals surface area contributed by atoms with E-state index >= 15 is 0 Å². The van der Waals surface area contributed by atoms with Gasteiger partial charge in [0.05, 0.1) is 0 Å². The van der Waals surface area contributed by atoms with Crippen molar-refractivity contribution in [3.8, 4) is 0 Å². The molecule has 5 nitrogen and oxygen atoms in total. The molecule has 100 valence electrons. The van der Waals surface area contributed by atoms with Crippen molar-refractivity contribution in [3.05, 3.63) is 24.0 Å². The quantitative estimate of drug-likeness (QED) is 0.834. The zero-order chi connectivity index (χ0) is 12.8. The molecule has 2 aromatic heterocycles. The van der Waals surface area contributed by atoms with Gasteiger partial charge in [-0.1, -0.05) is 0 Å². The van der Waals surface area contributed by atoms with Gasteiger partial charge in [0.15, 0.2) is 5.65 Å². The summed E-state index contributed by atoms with van der Waals surface area (Å²) in [4.78, 5) is 6.77. The number of hydrogen-bond donors (Lipinski definition) is 1. The van der Waals surface area contributed by atoms with E-state index in [2.05, 4.69) is 39.4 Å². The van der Waals surface area contributed by atoms with Gasteiger partial charge in [-0.15, -0.1) is 0 Å². The fourth-order valence-corrected chi connectivity index (χ4v) is 3.49. The van der Waals surface area contributed by atoms with Gasteiger partial charge in [0, 0.05) is 19.1 Å². The number of piperidine rings is 1. The highest BCUT2D eigenvalue weighted by Gasteiger charge is 2.35. The fraction of sp³-hybridized carbons (Fsp3) is 0.571. The highest BCUT2D eigenvalue weighted by atomic mass is 15.4. The molecule has 2 aliphatic rings. The van der Waals surface area contributed by atoms with Crippen LogP contribution in [-0.4, -0.2) is 40.3 Å². The van der Waals surface area contributed by atoms with E-state index in [1.54, 1.807) is 6.33 Å². The lowest BCUT2D eigenvalue weighted by Gasteiger charge is -2.24. The van der Waals surface area contributed by atoms with Crippen molar-refractivity contribution >= 4 is 11.5 Å². The predicted molar refractivity (Wildman–Crippen MR) is 74.5 cm³/mol. The normalized spacial score (nSPS) is 26.9.